The maximum atomic E-state index is 12.4. The van der Waals surface area contributed by atoms with Gasteiger partial charge < -0.3 is 15.0 Å². The second-order valence-electron chi connectivity index (χ2n) is 7.20. The SMILES string of the molecule is COc1ccc(C(=O)CN2CCN(C(=O)NC3CCCCC3)CC2)cc1. The van der Waals surface area contributed by atoms with Crippen molar-refractivity contribution in [2.75, 3.05) is 39.8 Å². The summed E-state index contributed by atoms with van der Waals surface area (Å²) >= 11 is 0. The number of benzene rings is 1. The van der Waals surface area contributed by atoms with Gasteiger partial charge in [0.15, 0.2) is 5.78 Å². The van der Waals surface area contributed by atoms with Crippen molar-refractivity contribution in [3.63, 3.8) is 0 Å². The molecule has 1 saturated heterocycles. The number of hydrogen-bond donors (Lipinski definition) is 1. The van der Waals surface area contributed by atoms with E-state index in [9.17, 15) is 9.59 Å². The third-order valence-electron chi connectivity index (χ3n) is 5.37. The van der Waals surface area contributed by atoms with E-state index in [1.165, 1.54) is 19.3 Å². The molecule has 1 heterocycles. The number of urea groups is 1. The first-order valence-corrected chi connectivity index (χ1v) is 9.61. The molecule has 0 unspecified atom stereocenters. The van der Waals surface area contributed by atoms with E-state index in [1.807, 2.05) is 4.90 Å². The molecule has 2 aliphatic rings. The van der Waals surface area contributed by atoms with Crippen molar-refractivity contribution in [2.24, 2.45) is 0 Å². The van der Waals surface area contributed by atoms with Crippen molar-refractivity contribution in [2.45, 2.75) is 38.1 Å². The first kappa shape index (κ1) is 18.7. The minimum Gasteiger partial charge on any atom is -0.497 e. The topological polar surface area (TPSA) is 61.9 Å². The lowest BCUT2D eigenvalue weighted by atomic mass is 9.96. The summed E-state index contributed by atoms with van der Waals surface area (Å²) in [6.45, 7) is 3.22. The van der Waals surface area contributed by atoms with E-state index in [4.69, 9.17) is 4.74 Å². The Bertz CT molecular complexity index is 603. The van der Waals surface area contributed by atoms with Crippen molar-refractivity contribution in [3.8, 4) is 5.75 Å². The smallest absolute Gasteiger partial charge is 0.317 e. The molecule has 0 aromatic heterocycles. The number of rotatable bonds is 5. The minimum atomic E-state index is 0.0537. The zero-order chi connectivity index (χ0) is 18.4. The van der Waals surface area contributed by atoms with Crippen LogP contribution in [0.4, 0.5) is 4.79 Å². The van der Waals surface area contributed by atoms with E-state index in [1.54, 1.807) is 31.4 Å². The number of Topliss-reactive ketones (excluding diaryl/α,β-unsaturated/α-hetero) is 1. The molecular formula is C20H29N3O3. The first-order valence-electron chi connectivity index (χ1n) is 9.61. The van der Waals surface area contributed by atoms with Crippen LogP contribution in [0.5, 0.6) is 5.75 Å². The summed E-state index contributed by atoms with van der Waals surface area (Å²) in [7, 11) is 1.61. The standard InChI is InChI=1S/C20H29N3O3/c1-26-18-9-7-16(8-10-18)19(24)15-22-11-13-23(14-12-22)20(25)21-17-5-3-2-4-6-17/h7-10,17H,2-6,11-15H2,1H3,(H,21,25). The Balaban J connectivity index is 1.42. The Hall–Kier alpha value is -2.08. The molecule has 0 spiro atoms. The van der Waals surface area contributed by atoms with Gasteiger partial charge in [-0.2, -0.15) is 0 Å². The number of ether oxygens (including phenoxy) is 1. The van der Waals surface area contributed by atoms with Crippen LogP contribution in [-0.4, -0.2) is 67.5 Å². The Morgan fingerprint density at radius 1 is 1.04 bits per heavy atom. The molecule has 2 amide bonds. The van der Waals surface area contributed by atoms with E-state index in [0.29, 0.717) is 31.2 Å². The van der Waals surface area contributed by atoms with E-state index in [2.05, 4.69) is 10.2 Å². The van der Waals surface area contributed by atoms with Crippen molar-refractivity contribution in [3.05, 3.63) is 29.8 Å². The van der Waals surface area contributed by atoms with Gasteiger partial charge in [-0.05, 0) is 37.1 Å². The zero-order valence-electron chi connectivity index (χ0n) is 15.6. The van der Waals surface area contributed by atoms with Gasteiger partial charge >= 0.3 is 6.03 Å². The van der Waals surface area contributed by atoms with E-state index < -0.39 is 0 Å². The van der Waals surface area contributed by atoms with E-state index in [0.717, 1.165) is 31.7 Å². The fourth-order valence-electron chi connectivity index (χ4n) is 3.69. The molecule has 2 fully saturated rings. The molecule has 1 aliphatic heterocycles. The van der Waals surface area contributed by atoms with Crippen LogP contribution < -0.4 is 10.1 Å². The molecule has 6 nitrogen and oxygen atoms in total. The Kier molecular flexibility index (Phi) is 6.50. The van der Waals surface area contributed by atoms with Gasteiger partial charge in [-0.15, -0.1) is 0 Å². The number of ketones is 1. The maximum absolute atomic E-state index is 12.4. The highest BCUT2D eigenvalue weighted by molar-refractivity contribution is 5.97. The summed E-state index contributed by atoms with van der Waals surface area (Å²) < 4.78 is 5.12. The van der Waals surface area contributed by atoms with Crippen LogP contribution in [0.1, 0.15) is 42.5 Å². The molecule has 1 saturated carbocycles. The number of piperazine rings is 1. The van der Waals surface area contributed by atoms with Gasteiger partial charge in [0.2, 0.25) is 0 Å². The molecular weight excluding hydrogens is 330 g/mol. The molecule has 6 heteroatoms. The van der Waals surface area contributed by atoms with Gasteiger partial charge in [-0.25, -0.2) is 4.79 Å². The Morgan fingerprint density at radius 2 is 1.69 bits per heavy atom. The fourth-order valence-corrected chi connectivity index (χ4v) is 3.69. The highest BCUT2D eigenvalue weighted by Gasteiger charge is 2.24. The van der Waals surface area contributed by atoms with Crippen LogP contribution in [0.3, 0.4) is 0 Å². The first-order chi connectivity index (χ1) is 12.7. The average molecular weight is 359 g/mol. The van der Waals surface area contributed by atoms with Crippen LogP contribution >= 0.6 is 0 Å². The maximum Gasteiger partial charge on any atom is 0.317 e. The Labute approximate surface area is 155 Å². The highest BCUT2D eigenvalue weighted by Crippen LogP contribution is 2.18. The predicted octanol–water partition coefficient (Wildman–Crippen LogP) is 2.54. The van der Waals surface area contributed by atoms with Gasteiger partial charge in [-0.1, -0.05) is 19.3 Å². The molecule has 1 aromatic rings. The third kappa shape index (κ3) is 4.97. The summed E-state index contributed by atoms with van der Waals surface area (Å²) in [5.74, 6) is 0.854. The normalized spacial score (nSPS) is 19.2. The second-order valence-corrected chi connectivity index (χ2v) is 7.20. The molecule has 26 heavy (non-hydrogen) atoms. The molecule has 1 aliphatic carbocycles. The highest BCUT2D eigenvalue weighted by atomic mass is 16.5. The summed E-state index contributed by atoms with van der Waals surface area (Å²) in [4.78, 5) is 28.8. The summed E-state index contributed by atoms with van der Waals surface area (Å²) in [5, 5.41) is 3.17. The number of amides is 2. The van der Waals surface area contributed by atoms with E-state index in [-0.39, 0.29) is 11.8 Å². The Morgan fingerprint density at radius 3 is 2.31 bits per heavy atom. The lowest BCUT2D eigenvalue weighted by Crippen LogP contribution is -2.54. The van der Waals surface area contributed by atoms with Crippen molar-refractivity contribution in [1.82, 2.24) is 15.1 Å². The molecule has 0 atom stereocenters. The average Bonchev–Trinajstić information content (AvgIpc) is 2.69. The monoisotopic (exact) mass is 359 g/mol. The van der Waals surface area contributed by atoms with Gasteiger partial charge in [0.25, 0.3) is 0 Å². The van der Waals surface area contributed by atoms with Crippen LogP contribution in [0.25, 0.3) is 0 Å². The van der Waals surface area contributed by atoms with Crippen LogP contribution in [0, 0.1) is 0 Å². The second kappa shape index (κ2) is 9.03. The molecule has 142 valence electrons. The quantitative estimate of drug-likeness (QED) is 0.821. The molecule has 1 N–H and O–H groups in total. The lowest BCUT2D eigenvalue weighted by molar-refractivity contribution is 0.0876. The number of methoxy groups -OCH3 is 1. The summed E-state index contributed by atoms with van der Waals surface area (Å²) in [5.41, 5.74) is 0.697. The fraction of sp³-hybridized carbons (Fsp3) is 0.600. The van der Waals surface area contributed by atoms with Gasteiger partial charge in [0, 0.05) is 37.8 Å². The lowest BCUT2D eigenvalue weighted by Gasteiger charge is -2.35. The number of nitrogens with zero attached hydrogens (tertiary/aromatic N) is 2. The van der Waals surface area contributed by atoms with Gasteiger partial charge in [0.05, 0.1) is 13.7 Å². The molecule has 3 rings (SSSR count). The van der Waals surface area contributed by atoms with Crippen LogP contribution in [0.15, 0.2) is 24.3 Å². The molecule has 1 aromatic carbocycles. The number of carbonyl (C=O) groups is 2. The van der Waals surface area contributed by atoms with Crippen LogP contribution in [0.2, 0.25) is 0 Å². The van der Waals surface area contributed by atoms with Crippen molar-refractivity contribution >= 4 is 11.8 Å². The minimum absolute atomic E-state index is 0.0537. The largest absolute Gasteiger partial charge is 0.497 e. The zero-order valence-corrected chi connectivity index (χ0v) is 15.6. The molecule has 0 radical (unpaired) electrons. The van der Waals surface area contributed by atoms with Crippen molar-refractivity contribution < 1.29 is 14.3 Å². The number of hydrogen-bond acceptors (Lipinski definition) is 4. The third-order valence-corrected chi connectivity index (χ3v) is 5.37. The predicted molar refractivity (Wildman–Crippen MR) is 101 cm³/mol. The van der Waals surface area contributed by atoms with Gasteiger partial charge in [0.1, 0.15) is 5.75 Å². The number of carbonyl (C=O) groups excluding carboxylic acids is 2. The number of nitrogens with one attached hydrogen (secondary N) is 1. The summed E-state index contributed by atoms with van der Waals surface area (Å²) in [6.07, 6.45) is 5.91. The summed E-state index contributed by atoms with van der Waals surface area (Å²) in [6, 6.07) is 7.61. The van der Waals surface area contributed by atoms with Crippen molar-refractivity contribution in [1.29, 1.82) is 0 Å². The van der Waals surface area contributed by atoms with E-state index >= 15 is 0 Å². The van der Waals surface area contributed by atoms with Gasteiger partial charge in [-0.3, -0.25) is 9.69 Å². The van der Waals surface area contributed by atoms with Crippen LogP contribution in [-0.2, 0) is 0 Å². The molecule has 0 bridgehead atoms.